The molecule has 0 saturated carbocycles. The summed E-state index contributed by atoms with van der Waals surface area (Å²) in [5.74, 6) is 0.966. The summed E-state index contributed by atoms with van der Waals surface area (Å²) in [7, 11) is 4.72. The second kappa shape index (κ2) is 8.40. The Bertz CT molecular complexity index is 938. The molecule has 1 unspecified atom stereocenters. The second-order valence-electron chi connectivity index (χ2n) is 7.72. The molecule has 0 aliphatic carbocycles. The minimum Gasteiger partial charge on any atom is -0.504 e. The van der Waals surface area contributed by atoms with E-state index < -0.39 is 0 Å². The molecule has 7 heteroatoms. The molecule has 1 saturated heterocycles. The van der Waals surface area contributed by atoms with Crippen molar-refractivity contribution >= 4 is 32.8 Å². The van der Waals surface area contributed by atoms with Gasteiger partial charge in [0.1, 0.15) is 5.75 Å². The van der Waals surface area contributed by atoms with Gasteiger partial charge in [-0.25, -0.2) is 4.79 Å². The molecule has 6 nitrogen and oxygen atoms in total. The number of aromatic amines is 1. The SMILES string of the molecule is CO/C=C(/C(=O)OC)[C@H]1CC2c3[nH]c4cccc(OC)c4c3CCN2C[C@H]1CBr. The van der Waals surface area contributed by atoms with E-state index in [2.05, 4.69) is 31.9 Å². The number of H-pyrrole nitrogens is 1. The highest BCUT2D eigenvalue weighted by atomic mass is 79.9. The monoisotopic (exact) mass is 462 g/mol. The third-order valence-electron chi connectivity index (χ3n) is 6.34. The van der Waals surface area contributed by atoms with E-state index in [-0.39, 0.29) is 17.9 Å². The first-order valence-electron chi connectivity index (χ1n) is 9.91. The number of piperidine rings is 1. The van der Waals surface area contributed by atoms with Gasteiger partial charge in [0.2, 0.25) is 0 Å². The van der Waals surface area contributed by atoms with Gasteiger partial charge in [-0.3, -0.25) is 4.90 Å². The first-order valence-corrected chi connectivity index (χ1v) is 11.0. The number of ether oxygens (including phenoxy) is 3. The van der Waals surface area contributed by atoms with E-state index in [1.807, 2.05) is 12.1 Å². The summed E-state index contributed by atoms with van der Waals surface area (Å²) in [6.07, 6.45) is 3.38. The van der Waals surface area contributed by atoms with Crippen LogP contribution in [0.15, 0.2) is 30.0 Å². The van der Waals surface area contributed by atoms with Crippen molar-refractivity contribution in [1.82, 2.24) is 9.88 Å². The Labute approximate surface area is 179 Å². The highest BCUT2D eigenvalue weighted by Gasteiger charge is 2.43. The van der Waals surface area contributed by atoms with E-state index in [1.165, 1.54) is 23.8 Å². The smallest absolute Gasteiger partial charge is 0.337 e. The fourth-order valence-corrected chi connectivity index (χ4v) is 5.68. The van der Waals surface area contributed by atoms with Gasteiger partial charge >= 0.3 is 5.97 Å². The molecule has 1 fully saturated rings. The number of aromatic nitrogens is 1. The van der Waals surface area contributed by atoms with Crippen molar-refractivity contribution < 1.29 is 19.0 Å². The predicted octanol–water partition coefficient (Wildman–Crippen LogP) is 3.81. The standard InChI is InChI=1S/C22H27BrN2O4/c1-27-12-16(22(26)29-3)15-9-18-21-14(7-8-25(18)11-13(15)10-23)20-17(24-21)5-4-6-19(20)28-2/h4-6,12-13,15,18,24H,7-11H2,1-3H3/b16-12+/t13-,15+,18?/m1/s1. The number of methoxy groups -OCH3 is 3. The number of halogens is 1. The molecule has 2 aromatic rings. The zero-order valence-electron chi connectivity index (χ0n) is 17.0. The summed E-state index contributed by atoms with van der Waals surface area (Å²) >= 11 is 3.67. The Hall–Kier alpha value is -1.99. The van der Waals surface area contributed by atoms with E-state index in [4.69, 9.17) is 14.2 Å². The lowest BCUT2D eigenvalue weighted by molar-refractivity contribution is -0.137. The maximum absolute atomic E-state index is 12.5. The zero-order chi connectivity index (χ0) is 20.5. The molecule has 1 N–H and O–H groups in total. The van der Waals surface area contributed by atoms with E-state index in [9.17, 15) is 4.79 Å². The second-order valence-corrected chi connectivity index (χ2v) is 8.37. The highest BCUT2D eigenvalue weighted by Crippen LogP contribution is 2.46. The maximum atomic E-state index is 12.5. The third-order valence-corrected chi connectivity index (χ3v) is 7.18. The third kappa shape index (κ3) is 3.44. The van der Waals surface area contributed by atoms with Crippen LogP contribution < -0.4 is 4.74 Å². The van der Waals surface area contributed by atoms with Crippen LogP contribution in [0.3, 0.4) is 0 Å². The number of nitrogens with one attached hydrogen (secondary N) is 1. The van der Waals surface area contributed by atoms with Crippen LogP contribution in [-0.4, -0.2) is 55.6 Å². The summed E-state index contributed by atoms with van der Waals surface area (Å²) in [4.78, 5) is 18.7. The number of carbonyl (C=O) groups excluding carboxylic acids is 1. The molecule has 156 valence electrons. The fourth-order valence-electron chi connectivity index (χ4n) is 5.03. The Morgan fingerprint density at radius 1 is 1.34 bits per heavy atom. The first-order chi connectivity index (χ1) is 14.1. The average Bonchev–Trinajstić information content (AvgIpc) is 3.15. The molecule has 4 rings (SSSR count). The van der Waals surface area contributed by atoms with Crippen molar-refractivity contribution in [2.45, 2.75) is 18.9 Å². The van der Waals surface area contributed by atoms with Gasteiger partial charge in [-0.05, 0) is 36.5 Å². The summed E-state index contributed by atoms with van der Waals surface area (Å²) < 4.78 is 15.9. The lowest BCUT2D eigenvalue weighted by Gasteiger charge is -2.46. The zero-order valence-corrected chi connectivity index (χ0v) is 18.6. The number of rotatable bonds is 5. The van der Waals surface area contributed by atoms with E-state index in [0.29, 0.717) is 11.5 Å². The van der Waals surface area contributed by atoms with Crippen molar-refractivity contribution in [3.63, 3.8) is 0 Å². The molecule has 2 aliphatic heterocycles. The summed E-state index contributed by atoms with van der Waals surface area (Å²) in [6, 6.07) is 6.36. The van der Waals surface area contributed by atoms with E-state index in [0.717, 1.165) is 42.5 Å². The average molecular weight is 463 g/mol. The van der Waals surface area contributed by atoms with Gasteiger partial charge in [0, 0.05) is 40.9 Å². The Balaban J connectivity index is 1.76. The molecule has 29 heavy (non-hydrogen) atoms. The molecule has 0 amide bonds. The molecule has 0 spiro atoms. The minimum atomic E-state index is -0.314. The van der Waals surface area contributed by atoms with Crippen LogP contribution >= 0.6 is 15.9 Å². The number of alkyl halides is 1. The molecule has 1 aromatic heterocycles. The van der Waals surface area contributed by atoms with Crippen molar-refractivity contribution in [2.75, 3.05) is 39.7 Å². The van der Waals surface area contributed by atoms with Gasteiger partial charge in [-0.15, -0.1) is 0 Å². The molecule has 0 bridgehead atoms. The summed E-state index contributed by atoms with van der Waals surface area (Å²) in [5.41, 5.74) is 4.30. The van der Waals surface area contributed by atoms with Crippen LogP contribution in [-0.2, 0) is 20.7 Å². The Kier molecular flexibility index (Phi) is 5.88. The molecule has 0 radical (unpaired) electrons. The largest absolute Gasteiger partial charge is 0.504 e. The van der Waals surface area contributed by atoms with Gasteiger partial charge in [-0.2, -0.15) is 0 Å². The number of nitrogens with zero attached hydrogens (tertiary/aromatic N) is 1. The number of fused-ring (bicyclic) bond motifs is 5. The van der Waals surface area contributed by atoms with Crippen LogP contribution in [0.5, 0.6) is 5.75 Å². The maximum Gasteiger partial charge on any atom is 0.337 e. The number of hydrogen-bond donors (Lipinski definition) is 1. The van der Waals surface area contributed by atoms with Crippen molar-refractivity contribution in [2.24, 2.45) is 11.8 Å². The topological polar surface area (TPSA) is 63.8 Å². The Morgan fingerprint density at radius 3 is 2.86 bits per heavy atom. The predicted molar refractivity (Wildman–Crippen MR) is 115 cm³/mol. The number of esters is 1. The van der Waals surface area contributed by atoms with Crippen LogP contribution in [0.25, 0.3) is 10.9 Å². The number of benzene rings is 1. The molecule has 3 heterocycles. The normalized spacial score (nSPS) is 24.7. The first kappa shape index (κ1) is 20.3. The lowest BCUT2D eigenvalue weighted by Crippen LogP contribution is -2.47. The number of carbonyl (C=O) groups is 1. The van der Waals surface area contributed by atoms with Gasteiger partial charge in [-0.1, -0.05) is 22.0 Å². The molecule has 3 atom stereocenters. The van der Waals surface area contributed by atoms with Gasteiger partial charge in [0.05, 0.1) is 39.2 Å². The van der Waals surface area contributed by atoms with Crippen molar-refractivity contribution in [1.29, 1.82) is 0 Å². The van der Waals surface area contributed by atoms with Crippen LogP contribution in [0.2, 0.25) is 0 Å². The molecule has 2 aliphatic rings. The Morgan fingerprint density at radius 2 is 2.17 bits per heavy atom. The fraction of sp³-hybridized carbons (Fsp3) is 0.500. The highest BCUT2D eigenvalue weighted by molar-refractivity contribution is 9.09. The van der Waals surface area contributed by atoms with Gasteiger partial charge < -0.3 is 19.2 Å². The number of hydrogen-bond acceptors (Lipinski definition) is 5. The summed E-state index contributed by atoms with van der Waals surface area (Å²) in [6.45, 7) is 1.92. The quantitative estimate of drug-likeness (QED) is 0.316. The van der Waals surface area contributed by atoms with Crippen molar-refractivity contribution in [3.05, 3.63) is 41.3 Å². The van der Waals surface area contributed by atoms with Crippen molar-refractivity contribution in [3.8, 4) is 5.75 Å². The van der Waals surface area contributed by atoms with E-state index in [1.54, 1.807) is 20.5 Å². The van der Waals surface area contributed by atoms with Crippen LogP contribution in [0.4, 0.5) is 0 Å². The molecular formula is C22H27BrN2O4. The molecule has 1 aromatic carbocycles. The summed E-state index contributed by atoms with van der Waals surface area (Å²) in [5, 5.41) is 2.01. The van der Waals surface area contributed by atoms with E-state index >= 15 is 0 Å². The van der Waals surface area contributed by atoms with Gasteiger partial charge in [0.15, 0.2) is 0 Å². The van der Waals surface area contributed by atoms with Gasteiger partial charge in [0.25, 0.3) is 0 Å². The lowest BCUT2D eigenvalue weighted by atomic mass is 9.75. The van der Waals surface area contributed by atoms with Crippen LogP contribution in [0.1, 0.15) is 23.7 Å². The minimum absolute atomic E-state index is 0.0577. The van der Waals surface area contributed by atoms with Crippen LogP contribution in [0, 0.1) is 11.8 Å². The molecular weight excluding hydrogens is 436 g/mol.